The molecule has 3 aromatic rings. The van der Waals surface area contributed by atoms with Gasteiger partial charge in [0.05, 0.1) is 17.1 Å². The fraction of sp³-hybridized carbons (Fsp3) is 0.235. The molecular formula is C17H14F3N3O2S2. The van der Waals surface area contributed by atoms with Crippen LogP contribution in [-0.2, 0) is 17.6 Å². The van der Waals surface area contributed by atoms with Crippen LogP contribution in [0.4, 0.5) is 18.3 Å². The SMILES string of the molecule is Cc1nc(CC(=O)Nc2ncc(Cc3ccc(OC(F)(F)F)cc3)s2)cs1. The maximum absolute atomic E-state index is 12.2. The predicted octanol–water partition coefficient (Wildman–Crippen LogP) is 4.58. The number of rotatable bonds is 6. The van der Waals surface area contributed by atoms with E-state index in [0.29, 0.717) is 17.2 Å². The van der Waals surface area contributed by atoms with Gasteiger partial charge in [0.1, 0.15) is 5.75 Å². The van der Waals surface area contributed by atoms with E-state index in [1.54, 1.807) is 18.3 Å². The van der Waals surface area contributed by atoms with Crippen molar-refractivity contribution < 1.29 is 22.7 Å². The number of halogens is 3. The average Bonchev–Trinajstić information content (AvgIpc) is 3.17. The highest BCUT2D eigenvalue weighted by Crippen LogP contribution is 2.25. The third-order valence-corrected chi connectivity index (χ3v) is 5.08. The number of anilines is 1. The average molecular weight is 413 g/mol. The van der Waals surface area contributed by atoms with Gasteiger partial charge in [-0.25, -0.2) is 9.97 Å². The Bertz CT molecular complexity index is 920. The van der Waals surface area contributed by atoms with Crippen LogP contribution in [0.15, 0.2) is 35.8 Å². The molecule has 1 N–H and O–H groups in total. The summed E-state index contributed by atoms with van der Waals surface area (Å²) in [6, 6.07) is 5.65. The van der Waals surface area contributed by atoms with E-state index in [2.05, 4.69) is 20.0 Å². The van der Waals surface area contributed by atoms with Crippen LogP contribution in [-0.4, -0.2) is 22.2 Å². The molecule has 0 unspecified atom stereocenters. The summed E-state index contributed by atoms with van der Waals surface area (Å²) < 4.78 is 40.3. The van der Waals surface area contributed by atoms with Gasteiger partial charge in [0.15, 0.2) is 5.13 Å². The van der Waals surface area contributed by atoms with Gasteiger partial charge in [0, 0.05) is 22.9 Å². The van der Waals surface area contributed by atoms with E-state index in [1.165, 1.54) is 34.8 Å². The first-order chi connectivity index (χ1) is 12.8. The van der Waals surface area contributed by atoms with E-state index >= 15 is 0 Å². The normalized spacial score (nSPS) is 11.4. The summed E-state index contributed by atoms with van der Waals surface area (Å²) in [5.41, 5.74) is 1.52. The second kappa shape index (κ2) is 8.05. The maximum Gasteiger partial charge on any atom is 0.573 e. The van der Waals surface area contributed by atoms with E-state index in [9.17, 15) is 18.0 Å². The molecule has 2 aromatic heterocycles. The van der Waals surface area contributed by atoms with Crippen LogP contribution in [0.2, 0.25) is 0 Å². The highest BCUT2D eigenvalue weighted by atomic mass is 32.1. The van der Waals surface area contributed by atoms with Crippen LogP contribution in [0.3, 0.4) is 0 Å². The number of nitrogens with zero attached hydrogens (tertiary/aromatic N) is 2. The van der Waals surface area contributed by atoms with E-state index in [4.69, 9.17) is 0 Å². The molecule has 0 aliphatic rings. The number of benzene rings is 1. The van der Waals surface area contributed by atoms with Crippen molar-refractivity contribution in [1.29, 1.82) is 0 Å². The molecule has 5 nitrogen and oxygen atoms in total. The predicted molar refractivity (Wildman–Crippen MR) is 97.2 cm³/mol. The highest BCUT2D eigenvalue weighted by Gasteiger charge is 2.30. The van der Waals surface area contributed by atoms with Crippen LogP contribution in [0, 0.1) is 6.92 Å². The van der Waals surface area contributed by atoms with Crippen LogP contribution in [0.25, 0.3) is 0 Å². The monoisotopic (exact) mass is 413 g/mol. The number of aromatic nitrogens is 2. The van der Waals surface area contributed by atoms with Crippen LogP contribution < -0.4 is 10.1 Å². The molecule has 0 spiro atoms. The number of nitrogens with one attached hydrogen (secondary N) is 1. The largest absolute Gasteiger partial charge is 0.573 e. The van der Waals surface area contributed by atoms with Crippen molar-refractivity contribution in [3.63, 3.8) is 0 Å². The number of alkyl halides is 3. The Labute approximate surface area is 160 Å². The summed E-state index contributed by atoms with van der Waals surface area (Å²) >= 11 is 2.80. The lowest BCUT2D eigenvalue weighted by atomic mass is 10.1. The standard InChI is InChI=1S/C17H14F3N3O2S2/c1-10-22-12(9-26-10)7-15(24)23-16-21-8-14(27-16)6-11-2-4-13(5-3-11)25-17(18,19)20/h2-5,8-9H,6-7H2,1H3,(H,21,23,24). The summed E-state index contributed by atoms with van der Waals surface area (Å²) in [6.07, 6.45) is -2.40. The molecule has 0 saturated carbocycles. The topological polar surface area (TPSA) is 64.1 Å². The molecule has 3 rings (SSSR count). The lowest BCUT2D eigenvalue weighted by Crippen LogP contribution is -2.17. The Hall–Kier alpha value is -2.46. The smallest absolute Gasteiger partial charge is 0.406 e. The third-order valence-electron chi connectivity index (χ3n) is 3.34. The van der Waals surface area contributed by atoms with E-state index in [-0.39, 0.29) is 18.1 Å². The quantitative estimate of drug-likeness (QED) is 0.643. The molecule has 1 aromatic carbocycles. The molecule has 0 atom stereocenters. The summed E-state index contributed by atoms with van der Waals surface area (Å²) in [5.74, 6) is -0.462. The lowest BCUT2D eigenvalue weighted by molar-refractivity contribution is -0.274. The fourth-order valence-electron chi connectivity index (χ4n) is 2.27. The van der Waals surface area contributed by atoms with Gasteiger partial charge in [-0.1, -0.05) is 12.1 Å². The summed E-state index contributed by atoms with van der Waals surface area (Å²) in [7, 11) is 0. The molecule has 0 aliphatic heterocycles. The summed E-state index contributed by atoms with van der Waals surface area (Å²) in [4.78, 5) is 21.3. The summed E-state index contributed by atoms with van der Waals surface area (Å²) in [6.45, 7) is 1.88. The van der Waals surface area contributed by atoms with Crippen LogP contribution >= 0.6 is 22.7 Å². The Morgan fingerprint density at radius 3 is 2.63 bits per heavy atom. The molecule has 10 heteroatoms. The van der Waals surface area contributed by atoms with Crippen molar-refractivity contribution in [1.82, 2.24) is 9.97 Å². The van der Waals surface area contributed by atoms with Gasteiger partial charge in [-0.05, 0) is 24.6 Å². The lowest BCUT2D eigenvalue weighted by Gasteiger charge is -2.08. The minimum absolute atomic E-state index is 0.180. The number of carbonyl (C=O) groups is 1. The molecule has 0 bridgehead atoms. The minimum Gasteiger partial charge on any atom is -0.406 e. The Morgan fingerprint density at radius 2 is 2.00 bits per heavy atom. The molecule has 0 fully saturated rings. The van der Waals surface area contributed by atoms with Gasteiger partial charge in [-0.2, -0.15) is 0 Å². The number of carbonyl (C=O) groups excluding carboxylic acids is 1. The van der Waals surface area contributed by atoms with Gasteiger partial charge in [0.2, 0.25) is 5.91 Å². The Balaban J connectivity index is 1.55. The number of hydrogen-bond donors (Lipinski definition) is 1. The van der Waals surface area contributed by atoms with Crippen molar-refractivity contribution in [2.75, 3.05) is 5.32 Å². The van der Waals surface area contributed by atoms with Crippen molar-refractivity contribution >= 4 is 33.7 Å². The fourth-order valence-corrected chi connectivity index (χ4v) is 3.75. The van der Waals surface area contributed by atoms with Gasteiger partial charge >= 0.3 is 6.36 Å². The molecule has 0 saturated heterocycles. The number of amides is 1. The molecule has 1 amide bonds. The van der Waals surface area contributed by atoms with Crippen LogP contribution in [0.1, 0.15) is 21.1 Å². The van der Waals surface area contributed by atoms with Crippen molar-refractivity contribution in [3.8, 4) is 5.75 Å². The molecular weight excluding hydrogens is 399 g/mol. The molecule has 27 heavy (non-hydrogen) atoms. The van der Waals surface area contributed by atoms with Gasteiger partial charge in [0.25, 0.3) is 0 Å². The Kier molecular flexibility index (Phi) is 5.76. The number of thiazole rings is 2. The van der Waals surface area contributed by atoms with Gasteiger partial charge in [-0.3, -0.25) is 4.79 Å². The molecule has 142 valence electrons. The molecule has 2 heterocycles. The van der Waals surface area contributed by atoms with Crippen molar-refractivity contribution in [3.05, 3.63) is 57.0 Å². The zero-order valence-corrected chi connectivity index (χ0v) is 15.7. The van der Waals surface area contributed by atoms with E-state index < -0.39 is 6.36 Å². The van der Waals surface area contributed by atoms with E-state index in [1.807, 2.05) is 12.3 Å². The number of ether oxygens (including phenoxy) is 1. The zero-order chi connectivity index (χ0) is 19.4. The first-order valence-corrected chi connectivity index (χ1v) is 9.47. The highest BCUT2D eigenvalue weighted by molar-refractivity contribution is 7.15. The number of aryl methyl sites for hydroxylation is 1. The van der Waals surface area contributed by atoms with Crippen molar-refractivity contribution in [2.24, 2.45) is 0 Å². The van der Waals surface area contributed by atoms with E-state index in [0.717, 1.165) is 15.4 Å². The number of hydrogen-bond acceptors (Lipinski definition) is 6. The maximum atomic E-state index is 12.2. The minimum atomic E-state index is -4.70. The second-order valence-electron chi connectivity index (χ2n) is 5.58. The zero-order valence-electron chi connectivity index (χ0n) is 14.0. The molecule has 0 aliphatic carbocycles. The third kappa shape index (κ3) is 6.04. The second-order valence-corrected chi connectivity index (χ2v) is 7.76. The first kappa shape index (κ1) is 19.3. The van der Waals surface area contributed by atoms with Gasteiger partial charge in [-0.15, -0.1) is 35.8 Å². The molecule has 0 radical (unpaired) electrons. The van der Waals surface area contributed by atoms with Crippen molar-refractivity contribution in [2.45, 2.75) is 26.1 Å². The van der Waals surface area contributed by atoms with Gasteiger partial charge < -0.3 is 10.1 Å². The van der Waals surface area contributed by atoms with Crippen LogP contribution in [0.5, 0.6) is 5.75 Å². The Morgan fingerprint density at radius 1 is 1.26 bits per heavy atom. The summed E-state index contributed by atoms with van der Waals surface area (Å²) in [5, 5.41) is 5.95. The first-order valence-electron chi connectivity index (χ1n) is 7.77.